The van der Waals surface area contributed by atoms with Gasteiger partial charge < -0.3 is 9.47 Å². The van der Waals surface area contributed by atoms with Crippen LogP contribution in [0.3, 0.4) is 0 Å². The van der Waals surface area contributed by atoms with Crippen molar-refractivity contribution in [2.24, 2.45) is 0 Å². The summed E-state index contributed by atoms with van der Waals surface area (Å²) < 4.78 is 11.9. The number of carbonyl (C=O) groups excluding carboxylic acids is 2. The summed E-state index contributed by atoms with van der Waals surface area (Å²) in [5.74, 6) is 0.333. The zero-order valence-electron chi connectivity index (χ0n) is 15.0. The van der Waals surface area contributed by atoms with Crippen molar-refractivity contribution in [3.63, 3.8) is 0 Å². The third-order valence-electron chi connectivity index (χ3n) is 3.84. The molecule has 1 fully saturated rings. The van der Waals surface area contributed by atoms with Gasteiger partial charge in [-0.25, -0.2) is 5.01 Å². The molecule has 140 valence electrons. The lowest BCUT2D eigenvalue weighted by Crippen LogP contribution is -2.35. The first kappa shape index (κ1) is 19.0. The molecule has 6 nitrogen and oxygen atoms in total. The molecule has 0 spiro atoms. The highest BCUT2D eigenvalue weighted by Crippen LogP contribution is 2.30. The molecule has 2 aromatic carbocycles. The van der Waals surface area contributed by atoms with Crippen molar-refractivity contribution in [3.05, 3.63) is 58.1 Å². The maximum absolute atomic E-state index is 12.7. The van der Waals surface area contributed by atoms with Crippen LogP contribution in [0.1, 0.15) is 19.4 Å². The quantitative estimate of drug-likeness (QED) is 0.560. The summed E-state index contributed by atoms with van der Waals surface area (Å²) in [6.07, 6.45) is 1.55. The number of rotatable bonds is 6. The highest BCUT2D eigenvalue weighted by molar-refractivity contribution is 9.10. The van der Waals surface area contributed by atoms with Crippen LogP contribution in [0.2, 0.25) is 0 Å². The van der Waals surface area contributed by atoms with Crippen molar-refractivity contribution in [3.8, 4) is 11.5 Å². The topological polar surface area (TPSA) is 67.9 Å². The molecular formula is C20H19BrN2O4. The second-order valence-corrected chi connectivity index (χ2v) is 6.61. The summed E-state index contributed by atoms with van der Waals surface area (Å²) in [5.41, 5.74) is 3.90. The van der Waals surface area contributed by atoms with E-state index in [-0.39, 0.29) is 5.57 Å². The summed E-state index contributed by atoms with van der Waals surface area (Å²) in [7, 11) is 0. The second kappa shape index (κ2) is 8.26. The van der Waals surface area contributed by atoms with Crippen LogP contribution in [0, 0.1) is 0 Å². The van der Waals surface area contributed by atoms with Crippen molar-refractivity contribution >= 4 is 39.5 Å². The molecule has 0 aromatic heterocycles. The Balaban J connectivity index is 1.91. The number of amides is 2. The Bertz CT molecular complexity index is 911. The van der Waals surface area contributed by atoms with E-state index in [1.54, 1.807) is 42.5 Å². The number of halogens is 1. The number of hydrazine groups is 1. The molecule has 7 heteroatoms. The fraction of sp³-hybridized carbons (Fsp3) is 0.200. The van der Waals surface area contributed by atoms with Crippen LogP contribution in [-0.4, -0.2) is 25.0 Å². The summed E-state index contributed by atoms with van der Waals surface area (Å²) in [5, 5.41) is 1.23. The van der Waals surface area contributed by atoms with E-state index in [9.17, 15) is 9.59 Å². The van der Waals surface area contributed by atoms with Crippen LogP contribution in [0.15, 0.2) is 52.5 Å². The second-order valence-electron chi connectivity index (χ2n) is 5.69. The Kier molecular flexibility index (Phi) is 5.81. The van der Waals surface area contributed by atoms with E-state index in [0.717, 1.165) is 4.47 Å². The van der Waals surface area contributed by atoms with Gasteiger partial charge in [0, 0.05) is 4.47 Å². The molecule has 1 aliphatic rings. The van der Waals surface area contributed by atoms with E-state index < -0.39 is 11.8 Å². The van der Waals surface area contributed by atoms with Crippen LogP contribution in [0.25, 0.3) is 6.08 Å². The number of nitrogens with one attached hydrogen (secondary N) is 1. The lowest BCUT2D eigenvalue weighted by Gasteiger charge is -2.14. The third kappa shape index (κ3) is 4.14. The van der Waals surface area contributed by atoms with Gasteiger partial charge in [0.15, 0.2) is 11.5 Å². The molecule has 1 N–H and O–H groups in total. The molecule has 0 unspecified atom stereocenters. The maximum atomic E-state index is 12.7. The van der Waals surface area contributed by atoms with Gasteiger partial charge >= 0.3 is 0 Å². The zero-order valence-corrected chi connectivity index (χ0v) is 16.6. The Morgan fingerprint density at radius 1 is 1.04 bits per heavy atom. The fourth-order valence-electron chi connectivity index (χ4n) is 2.68. The predicted octanol–water partition coefficient (Wildman–Crippen LogP) is 3.71. The molecule has 1 saturated heterocycles. The standard InChI is InChI=1S/C20H19BrN2O4/c1-3-26-17-9-8-13(11-18(17)27-4-2)10-16-19(24)22-23(20(16)25)15-7-5-6-14(21)12-15/h5-12H,3-4H2,1-2H3,(H,22,24)/b16-10-. The summed E-state index contributed by atoms with van der Waals surface area (Å²) >= 11 is 3.36. The van der Waals surface area contributed by atoms with E-state index in [1.807, 2.05) is 19.9 Å². The van der Waals surface area contributed by atoms with E-state index in [4.69, 9.17) is 9.47 Å². The lowest BCUT2D eigenvalue weighted by atomic mass is 10.1. The number of carbonyl (C=O) groups is 2. The molecule has 1 heterocycles. The van der Waals surface area contributed by atoms with Gasteiger partial charge in [0.25, 0.3) is 11.8 Å². The largest absolute Gasteiger partial charge is 0.490 e. The lowest BCUT2D eigenvalue weighted by molar-refractivity contribution is -0.117. The monoisotopic (exact) mass is 430 g/mol. The average molecular weight is 431 g/mol. The highest BCUT2D eigenvalue weighted by Gasteiger charge is 2.34. The van der Waals surface area contributed by atoms with Gasteiger partial charge in [0.1, 0.15) is 5.57 Å². The van der Waals surface area contributed by atoms with Gasteiger partial charge in [-0.15, -0.1) is 0 Å². The normalized spacial score (nSPS) is 15.2. The summed E-state index contributed by atoms with van der Waals surface area (Å²) in [6, 6.07) is 12.4. The zero-order chi connectivity index (χ0) is 19.4. The van der Waals surface area contributed by atoms with Gasteiger partial charge in [-0.3, -0.25) is 15.0 Å². The van der Waals surface area contributed by atoms with Crippen molar-refractivity contribution in [1.82, 2.24) is 5.43 Å². The fourth-order valence-corrected chi connectivity index (χ4v) is 3.07. The molecule has 1 aliphatic heterocycles. The summed E-state index contributed by atoms with van der Waals surface area (Å²) in [4.78, 5) is 25.0. The Morgan fingerprint density at radius 2 is 1.78 bits per heavy atom. The number of benzene rings is 2. The molecular weight excluding hydrogens is 412 g/mol. The number of hydrogen-bond acceptors (Lipinski definition) is 4. The Hall–Kier alpha value is -2.80. The summed E-state index contributed by atoms with van der Waals surface area (Å²) in [6.45, 7) is 4.77. The minimum atomic E-state index is -0.452. The maximum Gasteiger partial charge on any atom is 0.282 e. The molecule has 2 aromatic rings. The van der Waals surface area contributed by atoms with Gasteiger partial charge in [-0.1, -0.05) is 28.1 Å². The van der Waals surface area contributed by atoms with Crippen molar-refractivity contribution < 1.29 is 19.1 Å². The van der Waals surface area contributed by atoms with E-state index >= 15 is 0 Å². The van der Waals surface area contributed by atoms with Crippen molar-refractivity contribution in [2.45, 2.75) is 13.8 Å². The average Bonchev–Trinajstić information content (AvgIpc) is 2.92. The molecule has 27 heavy (non-hydrogen) atoms. The Labute approximate surface area is 165 Å². The van der Waals surface area contributed by atoms with Crippen LogP contribution in [0.5, 0.6) is 11.5 Å². The van der Waals surface area contributed by atoms with Crippen LogP contribution < -0.4 is 19.9 Å². The molecule has 2 amide bonds. The minimum Gasteiger partial charge on any atom is -0.490 e. The van der Waals surface area contributed by atoms with Crippen molar-refractivity contribution in [1.29, 1.82) is 0 Å². The SMILES string of the molecule is CCOc1ccc(/C=C2/C(=O)NN(c3cccc(Br)c3)C2=O)cc1OCC. The first-order chi connectivity index (χ1) is 13.0. The van der Waals surface area contributed by atoms with Gasteiger partial charge in [-0.05, 0) is 55.8 Å². The number of anilines is 1. The minimum absolute atomic E-state index is 0.0570. The smallest absolute Gasteiger partial charge is 0.282 e. The van der Waals surface area contributed by atoms with Crippen LogP contribution in [-0.2, 0) is 9.59 Å². The van der Waals surface area contributed by atoms with Gasteiger partial charge in [0.05, 0.1) is 18.9 Å². The molecule has 0 aliphatic carbocycles. The van der Waals surface area contributed by atoms with E-state index in [0.29, 0.717) is 36.0 Å². The number of ether oxygens (including phenoxy) is 2. The molecule has 0 atom stereocenters. The van der Waals surface area contributed by atoms with Gasteiger partial charge in [-0.2, -0.15) is 0 Å². The van der Waals surface area contributed by atoms with Crippen LogP contribution in [0.4, 0.5) is 5.69 Å². The van der Waals surface area contributed by atoms with Crippen LogP contribution >= 0.6 is 15.9 Å². The molecule has 3 rings (SSSR count). The number of nitrogens with zero attached hydrogens (tertiary/aromatic N) is 1. The third-order valence-corrected chi connectivity index (χ3v) is 4.33. The van der Waals surface area contributed by atoms with Gasteiger partial charge in [0.2, 0.25) is 0 Å². The first-order valence-electron chi connectivity index (χ1n) is 8.55. The van der Waals surface area contributed by atoms with Crippen molar-refractivity contribution in [2.75, 3.05) is 18.2 Å². The van der Waals surface area contributed by atoms with E-state index in [1.165, 1.54) is 5.01 Å². The van der Waals surface area contributed by atoms with E-state index in [2.05, 4.69) is 21.4 Å². The Morgan fingerprint density at radius 3 is 2.48 bits per heavy atom. The first-order valence-corrected chi connectivity index (χ1v) is 9.35. The molecule has 0 bridgehead atoms. The highest BCUT2D eigenvalue weighted by atomic mass is 79.9. The predicted molar refractivity (Wildman–Crippen MR) is 107 cm³/mol. The molecule has 0 radical (unpaired) electrons. The molecule has 0 saturated carbocycles. The number of hydrogen-bond donors (Lipinski definition) is 1.